The van der Waals surface area contributed by atoms with Crippen molar-refractivity contribution >= 4 is 5.91 Å². The number of hydrogen-bond donors (Lipinski definition) is 0. The van der Waals surface area contributed by atoms with Crippen LogP contribution in [0.2, 0.25) is 0 Å². The number of carbonyl (C=O) groups is 1. The molecule has 0 N–H and O–H groups in total. The summed E-state index contributed by atoms with van der Waals surface area (Å²) in [6.45, 7) is 1.17. The first-order valence-electron chi connectivity index (χ1n) is 7.31. The van der Waals surface area contributed by atoms with Gasteiger partial charge >= 0.3 is 0 Å². The number of nitrogens with zero attached hydrogens (tertiary/aromatic N) is 1. The van der Waals surface area contributed by atoms with Crippen LogP contribution in [0.25, 0.3) is 0 Å². The first kappa shape index (κ1) is 4.96. The maximum Gasteiger partial charge on any atom is 0.253 e. The number of piperidine rings is 1. The predicted octanol–water partition coefficient (Wildman–Crippen LogP) is 2.31. The van der Waals surface area contributed by atoms with Crippen LogP contribution in [0.4, 0.5) is 0 Å². The van der Waals surface area contributed by atoms with E-state index in [0.717, 1.165) is 19.3 Å². The zero-order valence-electron chi connectivity index (χ0n) is 12.9. The highest BCUT2D eigenvalue weighted by atomic mass is 16.2. The molecule has 0 saturated carbocycles. The number of rotatable bonds is 1. The van der Waals surface area contributed by atoms with Crippen LogP contribution in [0.3, 0.4) is 0 Å². The molecule has 0 aliphatic carbocycles. The SMILES string of the molecule is [2H]c1c([2H])c([2H])c(C(=O)N2CCCCC2)c([2H])c1[2H]. The Morgan fingerprint density at radius 2 is 1.79 bits per heavy atom. The van der Waals surface area contributed by atoms with Crippen molar-refractivity contribution in [3.05, 3.63) is 35.8 Å². The highest BCUT2D eigenvalue weighted by molar-refractivity contribution is 5.94. The Kier molecular flexibility index (Phi) is 1.51. The van der Waals surface area contributed by atoms with Gasteiger partial charge in [-0.25, -0.2) is 0 Å². The molecule has 1 aliphatic rings. The van der Waals surface area contributed by atoms with Crippen molar-refractivity contribution in [3.8, 4) is 0 Å². The molecule has 2 heteroatoms. The average Bonchev–Trinajstić information content (AvgIpc) is 2.44. The lowest BCUT2D eigenvalue weighted by atomic mass is 10.1. The van der Waals surface area contributed by atoms with Gasteiger partial charge in [-0.15, -0.1) is 0 Å². The summed E-state index contributed by atoms with van der Waals surface area (Å²) >= 11 is 0. The number of hydrogen-bond acceptors (Lipinski definition) is 1. The molecule has 1 fully saturated rings. The molecule has 2 rings (SSSR count). The molecular weight excluding hydrogens is 174 g/mol. The van der Waals surface area contributed by atoms with Gasteiger partial charge in [0.25, 0.3) is 5.91 Å². The van der Waals surface area contributed by atoms with Gasteiger partial charge in [0.2, 0.25) is 0 Å². The molecule has 1 heterocycles. The Balaban J connectivity index is 2.47. The summed E-state index contributed by atoms with van der Waals surface area (Å²) in [5, 5.41) is 0. The Morgan fingerprint density at radius 1 is 1.14 bits per heavy atom. The van der Waals surface area contributed by atoms with Crippen LogP contribution in [0.5, 0.6) is 0 Å². The average molecular weight is 194 g/mol. The van der Waals surface area contributed by atoms with Gasteiger partial charge in [-0.2, -0.15) is 0 Å². The van der Waals surface area contributed by atoms with Gasteiger partial charge in [0, 0.05) is 18.7 Å². The van der Waals surface area contributed by atoms with Gasteiger partial charge in [0.1, 0.15) is 0 Å². The van der Waals surface area contributed by atoms with E-state index in [2.05, 4.69) is 0 Å². The third-order valence-electron chi connectivity index (χ3n) is 2.36. The highest BCUT2D eigenvalue weighted by Gasteiger charge is 2.17. The normalized spacial score (nSPS) is 21.7. The molecule has 1 aromatic carbocycles. The smallest absolute Gasteiger partial charge is 0.253 e. The third-order valence-corrected chi connectivity index (χ3v) is 2.36. The summed E-state index contributed by atoms with van der Waals surface area (Å²) < 4.78 is 38.2. The van der Waals surface area contributed by atoms with Crippen LogP contribution in [0.15, 0.2) is 30.2 Å². The maximum absolute atomic E-state index is 12.3. The van der Waals surface area contributed by atoms with Gasteiger partial charge in [-0.1, -0.05) is 18.1 Å². The van der Waals surface area contributed by atoms with Crippen LogP contribution in [0.1, 0.15) is 36.5 Å². The lowest BCUT2D eigenvalue weighted by Gasteiger charge is -2.26. The lowest BCUT2D eigenvalue weighted by molar-refractivity contribution is 0.0724. The Bertz CT molecular complexity index is 496. The van der Waals surface area contributed by atoms with Gasteiger partial charge in [-0.3, -0.25) is 4.79 Å². The fourth-order valence-electron chi connectivity index (χ4n) is 1.61. The zero-order chi connectivity index (χ0) is 14.2. The van der Waals surface area contributed by atoms with Gasteiger partial charge in [0.05, 0.1) is 6.85 Å². The van der Waals surface area contributed by atoms with E-state index in [1.807, 2.05) is 0 Å². The van der Waals surface area contributed by atoms with Crippen LogP contribution in [0, 0.1) is 0 Å². The summed E-state index contributed by atoms with van der Waals surface area (Å²) in [6.07, 6.45) is 2.85. The third kappa shape index (κ3) is 1.95. The Labute approximate surface area is 91.6 Å². The number of benzene rings is 1. The molecule has 0 spiro atoms. The van der Waals surface area contributed by atoms with E-state index in [1.54, 1.807) is 4.90 Å². The summed E-state index contributed by atoms with van der Waals surface area (Å²) in [6, 6.07) is -2.21. The van der Waals surface area contributed by atoms with E-state index < -0.39 is 36.1 Å². The van der Waals surface area contributed by atoms with Crippen LogP contribution in [-0.2, 0) is 0 Å². The number of carbonyl (C=O) groups excluding carboxylic acids is 1. The second kappa shape index (κ2) is 4.27. The molecule has 0 atom stereocenters. The number of amides is 1. The molecule has 1 aliphatic heterocycles. The van der Waals surface area contributed by atoms with Crippen LogP contribution < -0.4 is 0 Å². The molecule has 0 unspecified atom stereocenters. The zero-order valence-corrected chi connectivity index (χ0v) is 7.89. The second-order valence-corrected chi connectivity index (χ2v) is 3.35. The van der Waals surface area contributed by atoms with E-state index >= 15 is 0 Å². The first-order valence-corrected chi connectivity index (χ1v) is 4.81. The first-order chi connectivity index (χ1) is 8.95. The molecule has 2 nitrogen and oxygen atoms in total. The summed E-state index contributed by atoms with van der Waals surface area (Å²) in [7, 11) is 0. The van der Waals surface area contributed by atoms with Gasteiger partial charge < -0.3 is 4.90 Å². The van der Waals surface area contributed by atoms with Crippen molar-refractivity contribution in [2.45, 2.75) is 19.3 Å². The minimum atomic E-state index is -0.467. The molecule has 14 heavy (non-hydrogen) atoms. The van der Waals surface area contributed by atoms with Crippen LogP contribution >= 0.6 is 0 Å². The lowest BCUT2D eigenvalue weighted by Crippen LogP contribution is -2.35. The largest absolute Gasteiger partial charge is 0.339 e. The molecule has 74 valence electrons. The Hall–Kier alpha value is -1.31. The van der Waals surface area contributed by atoms with Crippen molar-refractivity contribution in [3.63, 3.8) is 0 Å². The minimum absolute atomic E-state index is 0.215. The van der Waals surface area contributed by atoms with E-state index in [0.29, 0.717) is 13.1 Å². The van der Waals surface area contributed by atoms with Crippen molar-refractivity contribution in [1.29, 1.82) is 0 Å². The molecule has 1 saturated heterocycles. The fourth-order valence-corrected chi connectivity index (χ4v) is 1.61. The van der Waals surface area contributed by atoms with Crippen molar-refractivity contribution in [2.75, 3.05) is 13.1 Å². The van der Waals surface area contributed by atoms with E-state index in [9.17, 15) is 4.79 Å². The summed E-state index contributed by atoms with van der Waals surface area (Å²) in [5.74, 6) is -0.461. The van der Waals surface area contributed by atoms with Gasteiger partial charge in [0.15, 0.2) is 0 Å². The molecule has 0 aromatic heterocycles. The van der Waals surface area contributed by atoms with E-state index in [1.165, 1.54) is 0 Å². The molecule has 1 amide bonds. The standard InChI is InChI=1S/C12H15NO/c14-12(11-7-3-1-4-8-11)13-9-5-2-6-10-13/h1,3-4,7-8H,2,5-6,9-10H2/i1D,3D,4D,7D,8D. The van der Waals surface area contributed by atoms with Crippen molar-refractivity contribution in [2.24, 2.45) is 0 Å². The van der Waals surface area contributed by atoms with Gasteiger partial charge in [-0.05, 0) is 31.3 Å². The van der Waals surface area contributed by atoms with Crippen molar-refractivity contribution < 1.29 is 11.6 Å². The number of likely N-dealkylation sites (tertiary alicyclic amines) is 1. The monoisotopic (exact) mass is 194 g/mol. The molecule has 1 aromatic rings. The topological polar surface area (TPSA) is 20.3 Å². The predicted molar refractivity (Wildman–Crippen MR) is 56.2 cm³/mol. The summed E-state index contributed by atoms with van der Waals surface area (Å²) in [5.41, 5.74) is -0.215. The highest BCUT2D eigenvalue weighted by Crippen LogP contribution is 2.12. The van der Waals surface area contributed by atoms with E-state index in [4.69, 9.17) is 6.85 Å². The molecule has 0 radical (unpaired) electrons. The van der Waals surface area contributed by atoms with E-state index in [-0.39, 0.29) is 5.56 Å². The van der Waals surface area contributed by atoms with Crippen molar-refractivity contribution in [1.82, 2.24) is 4.90 Å². The second-order valence-electron chi connectivity index (χ2n) is 3.35. The molecule has 0 bridgehead atoms. The fraction of sp³-hybridized carbons (Fsp3) is 0.417. The molecular formula is C12H15NO. The maximum atomic E-state index is 12.3. The van der Waals surface area contributed by atoms with Crippen LogP contribution in [-0.4, -0.2) is 23.9 Å². The minimum Gasteiger partial charge on any atom is -0.339 e. The Morgan fingerprint density at radius 3 is 2.43 bits per heavy atom. The summed E-state index contributed by atoms with van der Waals surface area (Å²) in [4.78, 5) is 13.9. The quantitative estimate of drug-likeness (QED) is 0.672.